The molecule has 0 unspecified atom stereocenters. The number of alkyl halides is 3. The smallest absolute Gasteiger partial charge is 0.382 e. The fourth-order valence-corrected chi connectivity index (χ4v) is 4.96. The lowest BCUT2D eigenvalue weighted by Crippen LogP contribution is -2.21. The van der Waals surface area contributed by atoms with Crippen molar-refractivity contribution in [1.29, 1.82) is 0 Å². The molecule has 0 bridgehead atoms. The van der Waals surface area contributed by atoms with Crippen molar-refractivity contribution in [1.82, 2.24) is 20.0 Å². The molecule has 8 N–H and O–H groups in total. The summed E-state index contributed by atoms with van der Waals surface area (Å²) in [4.78, 5) is 23.2. The third-order valence-corrected chi connectivity index (χ3v) is 7.71. The molecule has 2 aromatic heterocycles. The molecule has 4 aromatic carbocycles. The third-order valence-electron chi connectivity index (χ3n) is 7.71. The Morgan fingerprint density at radius 1 is 0.846 bits per heavy atom. The number of nitrogens with zero attached hydrogens (tertiary/aromatic N) is 3. The van der Waals surface area contributed by atoms with Crippen LogP contribution >= 0.6 is 0 Å². The minimum atomic E-state index is -4.60. The lowest BCUT2D eigenvalue weighted by atomic mass is 9.92. The van der Waals surface area contributed by atoms with Crippen LogP contribution in [0.4, 0.5) is 54.6 Å². The Bertz CT molecular complexity index is 2240. The number of hydrogen-bond acceptors (Lipinski definition) is 5. The van der Waals surface area contributed by atoms with Crippen molar-refractivity contribution in [3.05, 3.63) is 113 Å². The molecular weight excluding hydrogens is 685 g/mol. The van der Waals surface area contributed by atoms with Crippen LogP contribution in [0.3, 0.4) is 0 Å². The minimum absolute atomic E-state index is 0.196. The Balaban J connectivity index is 0.000000293. The van der Waals surface area contributed by atoms with Gasteiger partial charge in [-0.15, -0.1) is 0 Å². The number of primary amides is 1. The molecule has 270 valence electrons. The van der Waals surface area contributed by atoms with Crippen molar-refractivity contribution in [2.45, 2.75) is 39.3 Å². The van der Waals surface area contributed by atoms with Gasteiger partial charge in [0.25, 0.3) is 0 Å². The number of carbonyl (C=O) groups is 2. The molecule has 0 atom stereocenters. The number of fused-ring (bicyclic) bond motifs is 1. The number of halogens is 5. The number of carbonyl (C=O) groups excluding carboxylic acids is 2. The Morgan fingerprint density at radius 2 is 1.52 bits per heavy atom. The first kappa shape index (κ1) is 36.8. The van der Waals surface area contributed by atoms with Crippen LogP contribution in [0.5, 0.6) is 0 Å². The number of benzene rings is 4. The molecule has 0 aliphatic rings. The van der Waals surface area contributed by atoms with E-state index >= 15 is 0 Å². The van der Waals surface area contributed by atoms with Crippen molar-refractivity contribution >= 4 is 46.0 Å². The van der Waals surface area contributed by atoms with E-state index in [1.165, 1.54) is 0 Å². The molecule has 4 amide bonds. The predicted molar refractivity (Wildman–Crippen MR) is 190 cm³/mol. The zero-order valence-corrected chi connectivity index (χ0v) is 28.3. The van der Waals surface area contributed by atoms with Crippen molar-refractivity contribution in [2.24, 2.45) is 5.73 Å². The molecule has 0 saturated heterocycles. The standard InChI is InChI=1S/C28H28FN7O.C8H6F4N2O/c1-16-5-11-19(12-6-16)36-23(15-22(35-36)28(2,3)4)32-27(37)31-18-9-7-17(8-10-18)20-13-14-21-25(24(20)29)33-34-26(21)30;9-5-2-1-4(8(10,11)12)3-6(5)14-7(13)15/h5-15H,1-4H3,(H3,30,33,34)(H2,31,32,37);1-3H,(H3,13,14,15). The number of amides is 4. The summed E-state index contributed by atoms with van der Waals surface area (Å²) in [5.74, 6) is -0.609. The average Bonchev–Trinajstić information content (AvgIpc) is 3.67. The molecule has 16 heteroatoms. The summed E-state index contributed by atoms with van der Waals surface area (Å²) < 4.78 is 66.1. The molecule has 2 heterocycles. The van der Waals surface area contributed by atoms with Gasteiger partial charge in [-0.05, 0) is 61.0 Å². The molecular formula is C36H34F5N9O2. The summed E-state index contributed by atoms with van der Waals surface area (Å²) in [6.45, 7) is 8.23. The number of nitrogen functional groups attached to an aromatic ring is 1. The average molecular weight is 720 g/mol. The van der Waals surface area contributed by atoms with Crippen LogP contribution in [0.2, 0.25) is 0 Å². The number of aromatic nitrogens is 4. The van der Waals surface area contributed by atoms with Crippen LogP contribution in [-0.2, 0) is 11.6 Å². The van der Waals surface area contributed by atoms with Crippen LogP contribution in [0, 0.1) is 18.6 Å². The van der Waals surface area contributed by atoms with Gasteiger partial charge in [-0.3, -0.25) is 10.4 Å². The van der Waals surface area contributed by atoms with Crippen LogP contribution in [-0.4, -0.2) is 32.0 Å². The molecule has 0 saturated carbocycles. The van der Waals surface area contributed by atoms with Gasteiger partial charge in [-0.1, -0.05) is 56.7 Å². The van der Waals surface area contributed by atoms with E-state index in [0.29, 0.717) is 46.2 Å². The number of hydrogen-bond donors (Lipinski definition) is 6. The van der Waals surface area contributed by atoms with Crippen LogP contribution in [0.15, 0.2) is 84.9 Å². The topological polar surface area (TPSA) is 169 Å². The summed E-state index contributed by atoms with van der Waals surface area (Å²) >= 11 is 0. The molecule has 11 nitrogen and oxygen atoms in total. The van der Waals surface area contributed by atoms with E-state index < -0.39 is 41.1 Å². The van der Waals surface area contributed by atoms with Crippen molar-refractivity contribution in [3.8, 4) is 16.8 Å². The highest BCUT2D eigenvalue weighted by atomic mass is 19.4. The van der Waals surface area contributed by atoms with Crippen molar-refractivity contribution in [2.75, 3.05) is 21.7 Å². The summed E-state index contributed by atoms with van der Waals surface area (Å²) in [6, 6.07) is 20.2. The summed E-state index contributed by atoms with van der Waals surface area (Å²) in [5, 5.41) is 19.3. The number of anilines is 4. The molecule has 6 aromatic rings. The second-order valence-electron chi connectivity index (χ2n) is 12.7. The number of aryl methyl sites for hydroxylation is 1. The third kappa shape index (κ3) is 8.46. The SMILES string of the molecule is Cc1ccc(-n2nc(C(C)(C)C)cc2NC(=O)Nc2ccc(-c3ccc4c(N)n[nH]c4c3F)cc2)cc1.NC(=O)Nc1cc(C(F)(F)F)ccc1F. The zero-order valence-electron chi connectivity index (χ0n) is 28.3. The van der Waals surface area contributed by atoms with Gasteiger partial charge in [-0.25, -0.2) is 23.1 Å². The lowest BCUT2D eigenvalue weighted by molar-refractivity contribution is -0.137. The predicted octanol–water partition coefficient (Wildman–Crippen LogP) is 8.72. The largest absolute Gasteiger partial charge is 0.416 e. The first-order chi connectivity index (χ1) is 24.4. The van der Waals surface area contributed by atoms with Crippen LogP contribution < -0.4 is 27.4 Å². The Hall–Kier alpha value is -6.45. The first-order valence-corrected chi connectivity index (χ1v) is 15.6. The van der Waals surface area contributed by atoms with E-state index in [1.807, 2.05) is 37.3 Å². The van der Waals surface area contributed by atoms with Gasteiger partial charge in [-0.2, -0.15) is 23.4 Å². The normalized spacial score (nSPS) is 11.5. The lowest BCUT2D eigenvalue weighted by Gasteiger charge is -2.14. The fraction of sp³-hybridized carbons (Fsp3) is 0.167. The van der Waals surface area contributed by atoms with E-state index in [9.17, 15) is 31.5 Å². The van der Waals surface area contributed by atoms with Gasteiger partial charge in [0.1, 0.15) is 17.2 Å². The maximum absolute atomic E-state index is 15.0. The van der Waals surface area contributed by atoms with E-state index in [2.05, 4.69) is 47.3 Å². The highest BCUT2D eigenvalue weighted by Gasteiger charge is 2.31. The van der Waals surface area contributed by atoms with Gasteiger partial charge in [0, 0.05) is 28.1 Å². The molecule has 0 aliphatic carbocycles. The fourth-order valence-electron chi connectivity index (χ4n) is 4.96. The molecule has 0 aliphatic heterocycles. The maximum Gasteiger partial charge on any atom is 0.416 e. The Labute approximate surface area is 294 Å². The number of nitrogens with one attached hydrogen (secondary N) is 4. The zero-order chi connectivity index (χ0) is 38.0. The molecule has 0 fully saturated rings. The van der Waals surface area contributed by atoms with Crippen molar-refractivity contribution < 1.29 is 31.5 Å². The molecule has 0 radical (unpaired) electrons. The van der Waals surface area contributed by atoms with Crippen LogP contribution in [0.25, 0.3) is 27.7 Å². The number of nitrogens with two attached hydrogens (primary N) is 2. The van der Waals surface area contributed by atoms with Gasteiger partial charge in [0.05, 0.1) is 22.6 Å². The maximum atomic E-state index is 15.0. The summed E-state index contributed by atoms with van der Waals surface area (Å²) in [6.07, 6.45) is -4.60. The molecule has 6 rings (SSSR count). The number of rotatable bonds is 5. The van der Waals surface area contributed by atoms with E-state index in [-0.39, 0.29) is 16.7 Å². The minimum Gasteiger partial charge on any atom is -0.382 e. The van der Waals surface area contributed by atoms with Gasteiger partial charge >= 0.3 is 18.2 Å². The monoisotopic (exact) mass is 719 g/mol. The molecule has 0 spiro atoms. The second-order valence-corrected chi connectivity index (χ2v) is 12.7. The Morgan fingerprint density at radius 3 is 2.13 bits per heavy atom. The first-order valence-electron chi connectivity index (χ1n) is 15.6. The Kier molecular flexibility index (Phi) is 10.2. The number of urea groups is 2. The summed E-state index contributed by atoms with van der Waals surface area (Å²) in [7, 11) is 0. The van der Waals surface area contributed by atoms with E-state index in [0.717, 1.165) is 16.9 Å². The van der Waals surface area contributed by atoms with Gasteiger partial charge in [0.15, 0.2) is 11.6 Å². The quantitative estimate of drug-likeness (QED) is 0.0978. The van der Waals surface area contributed by atoms with Crippen molar-refractivity contribution in [3.63, 3.8) is 0 Å². The highest BCUT2D eigenvalue weighted by molar-refractivity contribution is 5.99. The molecule has 52 heavy (non-hydrogen) atoms. The van der Waals surface area contributed by atoms with Gasteiger partial charge in [0.2, 0.25) is 0 Å². The van der Waals surface area contributed by atoms with E-state index in [1.54, 1.807) is 46.4 Å². The highest BCUT2D eigenvalue weighted by Crippen LogP contribution is 2.33. The van der Waals surface area contributed by atoms with Crippen LogP contribution in [0.1, 0.15) is 37.6 Å². The van der Waals surface area contributed by atoms with Gasteiger partial charge < -0.3 is 22.1 Å². The number of aromatic amines is 1. The van der Waals surface area contributed by atoms with E-state index in [4.69, 9.17) is 10.8 Å². The number of H-pyrrole nitrogens is 1. The summed E-state index contributed by atoms with van der Waals surface area (Å²) in [5.41, 5.74) is 13.3. The second kappa shape index (κ2) is 14.4.